The number of halogens is 3. The Balaban J connectivity index is -0.000000609. The van der Waals surface area contributed by atoms with Crippen LogP contribution >= 0.6 is 0 Å². The Morgan fingerprint density at radius 3 is 1.91 bits per heavy atom. The minimum Gasteiger partial charge on any atom is -0.383 e. The molecule has 0 spiro atoms. The molecule has 1 aliphatic rings. The van der Waals surface area contributed by atoms with Crippen LogP contribution < -0.4 is 0 Å². The number of aromatic nitrogens is 1. The highest BCUT2D eigenvalue weighted by Gasteiger charge is 2.21. The molecule has 45 heavy (non-hydrogen) atoms. The monoisotopic (exact) mass is 634 g/mol. The fraction of sp³-hybridized carbons (Fsp3) is 0.526. The average Bonchev–Trinajstić information content (AvgIpc) is 3.02. The molecule has 0 amide bonds. The average molecular weight is 635 g/mol. The van der Waals surface area contributed by atoms with E-state index < -0.39 is 23.2 Å². The summed E-state index contributed by atoms with van der Waals surface area (Å²) in [5.41, 5.74) is 3.06. The van der Waals surface area contributed by atoms with Crippen molar-refractivity contribution in [3.63, 3.8) is 0 Å². The lowest BCUT2D eigenvalue weighted by Gasteiger charge is -2.32. The molecule has 7 heteroatoms. The van der Waals surface area contributed by atoms with E-state index in [0.29, 0.717) is 18.1 Å². The first kappa shape index (κ1) is 46.4. The highest BCUT2D eigenvalue weighted by atomic mass is 19.2. The second-order valence-electron chi connectivity index (χ2n) is 10.9. The van der Waals surface area contributed by atoms with Gasteiger partial charge in [0, 0.05) is 18.7 Å². The van der Waals surface area contributed by atoms with Crippen molar-refractivity contribution in [3.05, 3.63) is 102 Å². The molecule has 0 bridgehead atoms. The smallest absolute Gasteiger partial charge is 0.212 e. The second-order valence-corrected chi connectivity index (χ2v) is 10.9. The topological polar surface area (TPSA) is 53.4 Å². The van der Waals surface area contributed by atoms with Crippen molar-refractivity contribution in [1.82, 2.24) is 9.88 Å². The zero-order chi connectivity index (χ0) is 35.8. The molecule has 0 aliphatic carbocycles. The minimum absolute atomic E-state index is 0.0788. The van der Waals surface area contributed by atoms with E-state index in [1.54, 1.807) is 12.3 Å². The maximum absolute atomic E-state index is 13.2. The quantitative estimate of drug-likeness (QED) is 0.120. The number of pyridine rings is 1. The summed E-state index contributed by atoms with van der Waals surface area (Å²) in [6.07, 6.45) is 11.2. The Morgan fingerprint density at radius 1 is 1.07 bits per heavy atom. The Kier molecular flexibility index (Phi) is 27.0. The van der Waals surface area contributed by atoms with Crippen molar-refractivity contribution in [2.24, 2.45) is 11.8 Å². The van der Waals surface area contributed by atoms with Crippen LogP contribution in [-0.2, 0) is 4.79 Å². The summed E-state index contributed by atoms with van der Waals surface area (Å²) in [7, 11) is 0. The first-order chi connectivity index (χ1) is 21.1. The first-order valence-corrected chi connectivity index (χ1v) is 16.0. The summed E-state index contributed by atoms with van der Waals surface area (Å²) in [4.78, 5) is 15.7. The normalized spacial score (nSPS) is 15.0. The lowest BCUT2D eigenvalue weighted by atomic mass is 9.85. The standard InChI is InChI=1S/C15H22F2.C15H19FN2.C4H8O2.2C2H6/c1-7-13(9-15(17)12(6)16)11(5)14(8-2)10(3)4;1-3-12(2)11-18-8-6-13(7-9-18)14-4-5-15(16)17-10-14;1-4(2,6)3-5;2*1-2/h7-11H,6H2,1-5H3;3-5,10,13H,1-2,6-9,11H2;3,6H,1-2H3;2*1-2H3/b13-7+,14-8+,15-9+;;;;. The van der Waals surface area contributed by atoms with Gasteiger partial charge < -0.3 is 9.90 Å². The second kappa shape index (κ2) is 26.2. The maximum Gasteiger partial charge on any atom is 0.212 e. The first-order valence-electron chi connectivity index (χ1n) is 16.0. The van der Waals surface area contributed by atoms with Crippen molar-refractivity contribution in [1.29, 1.82) is 0 Å². The number of rotatable bonds is 10. The predicted molar refractivity (Wildman–Crippen MR) is 188 cm³/mol. The highest BCUT2D eigenvalue weighted by molar-refractivity contribution is 5.60. The van der Waals surface area contributed by atoms with Gasteiger partial charge in [0.2, 0.25) is 5.95 Å². The van der Waals surface area contributed by atoms with Crippen LogP contribution in [0.25, 0.3) is 0 Å². The number of likely N-dealkylation sites (tertiary alicyclic amines) is 1. The van der Waals surface area contributed by atoms with Crippen molar-refractivity contribution >= 4 is 6.29 Å². The fourth-order valence-corrected chi connectivity index (χ4v) is 4.36. The number of aldehydes is 1. The third-order valence-electron chi connectivity index (χ3n) is 6.70. The molecule has 1 aromatic rings. The number of carbonyl (C=O) groups excluding carboxylic acids is 1. The van der Waals surface area contributed by atoms with Crippen molar-refractivity contribution < 1.29 is 23.1 Å². The molecule has 1 N–H and O–H groups in total. The van der Waals surface area contributed by atoms with Crippen molar-refractivity contribution in [3.8, 4) is 0 Å². The van der Waals surface area contributed by atoms with Gasteiger partial charge >= 0.3 is 0 Å². The molecule has 1 atom stereocenters. The summed E-state index contributed by atoms with van der Waals surface area (Å²) in [5, 5.41) is 8.46. The molecule has 4 nitrogen and oxygen atoms in total. The Morgan fingerprint density at radius 2 is 1.58 bits per heavy atom. The lowest BCUT2D eigenvalue weighted by Crippen LogP contribution is -2.34. The number of hydrogen-bond donors (Lipinski definition) is 1. The molecule has 0 aromatic carbocycles. The molecule has 0 radical (unpaired) electrons. The summed E-state index contributed by atoms with van der Waals surface area (Å²) in [5.74, 6) is -1.36. The van der Waals surface area contributed by atoms with E-state index in [4.69, 9.17) is 5.11 Å². The van der Waals surface area contributed by atoms with E-state index >= 15 is 0 Å². The molecular formula is C38H61F3N2O2. The van der Waals surface area contributed by atoms with Gasteiger partial charge in [-0.1, -0.05) is 98.1 Å². The van der Waals surface area contributed by atoms with Crippen LogP contribution in [0, 0.1) is 17.8 Å². The Hall–Kier alpha value is -3.03. The lowest BCUT2D eigenvalue weighted by molar-refractivity contribution is -0.120. The van der Waals surface area contributed by atoms with Crippen LogP contribution in [0.1, 0.15) is 100 Å². The van der Waals surface area contributed by atoms with Gasteiger partial charge in [-0.15, -0.1) is 0 Å². The predicted octanol–water partition coefficient (Wildman–Crippen LogP) is 10.7. The number of nitrogens with zero attached hydrogens (tertiary/aromatic N) is 2. The SMILES string of the molecule is C=C(F)/C(F)=C\C(=C/C)C(C)/C(=C/C)C(C)C.C=CC(=C)CN1CCC(c2ccc(F)nc2)CC1.CC.CC.CC(C)(O)C=O. The molecule has 1 saturated heterocycles. The molecule has 1 fully saturated rings. The Bertz CT molecular complexity index is 1070. The van der Waals surface area contributed by atoms with Crippen LogP contribution in [-0.4, -0.2) is 46.5 Å². The number of allylic oxidation sites excluding steroid dienone is 7. The zero-order valence-electron chi connectivity index (χ0n) is 29.9. The largest absolute Gasteiger partial charge is 0.383 e. The Labute approximate surface area is 273 Å². The fourth-order valence-electron chi connectivity index (χ4n) is 4.36. The van der Waals surface area contributed by atoms with Crippen LogP contribution in [0.15, 0.2) is 90.7 Å². The molecular weight excluding hydrogens is 573 g/mol. The molecule has 2 heterocycles. The van der Waals surface area contributed by atoms with E-state index in [1.165, 1.54) is 31.6 Å². The summed E-state index contributed by atoms with van der Waals surface area (Å²) in [6.45, 7) is 34.4. The van der Waals surface area contributed by atoms with Gasteiger partial charge in [-0.05, 0) is 94.3 Å². The number of piperidine rings is 1. The van der Waals surface area contributed by atoms with Gasteiger partial charge in [0.25, 0.3) is 0 Å². The third kappa shape index (κ3) is 21.4. The van der Waals surface area contributed by atoms with Crippen LogP contribution in [0.5, 0.6) is 0 Å². The van der Waals surface area contributed by atoms with E-state index in [0.717, 1.165) is 49.2 Å². The number of aliphatic hydroxyl groups is 1. The van der Waals surface area contributed by atoms with Gasteiger partial charge in [0.1, 0.15) is 5.60 Å². The van der Waals surface area contributed by atoms with Crippen molar-refractivity contribution in [2.75, 3.05) is 19.6 Å². The molecule has 0 saturated carbocycles. The van der Waals surface area contributed by atoms with E-state index in [-0.39, 0.29) is 5.92 Å². The molecule has 1 unspecified atom stereocenters. The zero-order valence-corrected chi connectivity index (χ0v) is 29.9. The minimum atomic E-state index is -1.14. The van der Waals surface area contributed by atoms with Gasteiger partial charge in [0.15, 0.2) is 17.9 Å². The number of carbonyl (C=O) groups is 1. The molecule has 2 rings (SSSR count). The van der Waals surface area contributed by atoms with Crippen LogP contribution in [0.4, 0.5) is 13.2 Å². The number of hydrogen-bond acceptors (Lipinski definition) is 4. The third-order valence-corrected chi connectivity index (χ3v) is 6.70. The van der Waals surface area contributed by atoms with Crippen molar-refractivity contribution in [2.45, 2.75) is 101 Å². The van der Waals surface area contributed by atoms with Gasteiger partial charge in [-0.3, -0.25) is 4.90 Å². The van der Waals surface area contributed by atoms with E-state index in [9.17, 15) is 18.0 Å². The van der Waals surface area contributed by atoms with Crippen LogP contribution in [0.2, 0.25) is 0 Å². The summed E-state index contributed by atoms with van der Waals surface area (Å²) < 4.78 is 38.6. The van der Waals surface area contributed by atoms with E-state index in [2.05, 4.69) is 43.5 Å². The summed E-state index contributed by atoms with van der Waals surface area (Å²) >= 11 is 0. The van der Waals surface area contributed by atoms with E-state index in [1.807, 2.05) is 66.7 Å². The molecule has 1 aliphatic heterocycles. The van der Waals surface area contributed by atoms with Gasteiger partial charge in [-0.2, -0.15) is 4.39 Å². The summed E-state index contributed by atoms with van der Waals surface area (Å²) in [6, 6.07) is 3.30. The molecule has 256 valence electrons. The highest BCUT2D eigenvalue weighted by Crippen LogP contribution is 2.29. The maximum atomic E-state index is 13.2. The molecule has 1 aromatic heterocycles. The van der Waals surface area contributed by atoms with Gasteiger partial charge in [0.05, 0.1) is 0 Å². The van der Waals surface area contributed by atoms with Crippen LogP contribution in [0.3, 0.4) is 0 Å². The van der Waals surface area contributed by atoms with Gasteiger partial charge in [-0.25, -0.2) is 13.8 Å².